The van der Waals surface area contributed by atoms with Crippen molar-refractivity contribution in [1.29, 1.82) is 0 Å². The van der Waals surface area contributed by atoms with Gasteiger partial charge in [-0.25, -0.2) is 4.79 Å². The number of benzene rings is 1. The summed E-state index contributed by atoms with van der Waals surface area (Å²) in [4.78, 5) is 21.3. The highest BCUT2D eigenvalue weighted by Crippen LogP contribution is 2.18. The molecule has 2 N–H and O–H groups in total. The standard InChI is InChI=1S/C10H7ClF3NO3.C2H6/c11-7-2-1-5(3-6(7)8(16)17)4-15-9(18)10(12,13)14;1-2/h1-3H,4H2,(H,15,18)(H,16,17);1-2H3. The summed E-state index contributed by atoms with van der Waals surface area (Å²) in [5, 5.41) is 10.3. The van der Waals surface area contributed by atoms with E-state index in [0.29, 0.717) is 0 Å². The van der Waals surface area contributed by atoms with Crippen molar-refractivity contribution in [2.75, 3.05) is 0 Å². The fourth-order valence-electron chi connectivity index (χ4n) is 1.13. The number of hydrogen-bond acceptors (Lipinski definition) is 2. The number of alkyl halides is 3. The molecule has 0 atom stereocenters. The predicted molar refractivity (Wildman–Crippen MR) is 67.7 cm³/mol. The van der Waals surface area contributed by atoms with Gasteiger partial charge in [-0.15, -0.1) is 0 Å². The van der Waals surface area contributed by atoms with Crippen molar-refractivity contribution in [3.63, 3.8) is 0 Å². The Morgan fingerprint density at radius 2 is 1.85 bits per heavy atom. The minimum absolute atomic E-state index is 0.0339. The molecule has 1 rings (SSSR count). The van der Waals surface area contributed by atoms with Crippen LogP contribution in [0.4, 0.5) is 13.2 Å². The maximum Gasteiger partial charge on any atom is 0.471 e. The van der Waals surface area contributed by atoms with Gasteiger partial charge in [-0.05, 0) is 17.7 Å². The Labute approximate surface area is 118 Å². The van der Waals surface area contributed by atoms with Gasteiger partial charge in [0.2, 0.25) is 0 Å². The minimum Gasteiger partial charge on any atom is -0.478 e. The first kappa shape index (κ1) is 18.2. The van der Waals surface area contributed by atoms with Crippen LogP contribution < -0.4 is 5.32 Å². The van der Waals surface area contributed by atoms with E-state index in [1.807, 2.05) is 13.8 Å². The molecular formula is C12H13ClF3NO3. The van der Waals surface area contributed by atoms with Crippen molar-refractivity contribution in [3.8, 4) is 0 Å². The molecule has 8 heteroatoms. The summed E-state index contributed by atoms with van der Waals surface area (Å²) in [5.74, 6) is -3.39. The fourth-order valence-corrected chi connectivity index (χ4v) is 1.33. The average molecular weight is 312 g/mol. The molecule has 4 nitrogen and oxygen atoms in total. The van der Waals surface area contributed by atoms with Crippen LogP contribution in [0.5, 0.6) is 0 Å². The summed E-state index contributed by atoms with van der Waals surface area (Å²) in [5.41, 5.74) is -0.0372. The maximum atomic E-state index is 11.9. The first-order valence-electron chi connectivity index (χ1n) is 5.58. The van der Waals surface area contributed by atoms with Gasteiger partial charge in [0.25, 0.3) is 0 Å². The molecule has 0 aliphatic rings. The van der Waals surface area contributed by atoms with E-state index >= 15 is 0 Å². The smallest absolute Gasteiger partial charge is 0.471 e. The molecule has 0 aliphatic heterocycles. The van der Waals surface area contributed by atoms with Crippen LogP contribution in [0.2, 0.25) is 5.02 Å². The molecule has 0 fully saturated rings. The lowest BCUT2D eigenvalue weighted by Crippen LogP contribution is -2.36. The predicted octanol–water partition coefficient (Wildman–Crippen LogP) is 3.24. The Morgan fingerprint density at radius 3 is 2.30 bits per heavy atom. The molecule has 0 radical (unpaired) electrons. The van der Waals surface area contributed by atoms with E-state index in [0.717, 1.165) is 6.07 Å². The summed E-state index contributed by atoms with van der Waals surface area (Å²) in [6, 6.07) is 3.66. The lowest BCUT2D eigenvalue weighted by molar-refractivity contribution is -0.173. The van der Waals surface area contributed by atoms with Crippen molar-refractivity contribution >= 4 is 23.5 Å². The molecule has 1 aromatic carbocycles. The zero-order chi connectivity index (χ0) is 15.9. The molecule has 0 unspecified atom stereocenters. The van der Waals surface area contributed by atoms with Crippen LogP contribution in [-0.2, 0) is 11.3 Å². The molecule has 0 saturated heterocycles. The molecule has 112 valence electrons. The van der Waals surface area contributed by atoms with E-state index in [4.69, 9.17) is 16.7 Å². The number of amides is 1. The van der Waals surface area contributed by atoms with Gasteiger partial charge < -0.3 is 10.4 Å². The molecular weight excluding hydrogens is 299 g/mol. The van der Waals surface area contributed by atoms with Crippen LogP contribution >= 0.6 is 11.6 Å². The Hall–Kier alpha value is -1.76. The van der Waals surface area contributed by atoms with Gasteiger partial charge in [-0.1, -0.05) is 31.5 Å². The number of rotatable bonds is 3. The van der Waals surface area contributed by atoms with Gasteiger partial charge in [0.1, 0.15) is 0 Å². The third-order valence-electron chi connectivity index (χ3n) is 1.97. The molecule has 0 aromatic heterocycles. The number of carbonyl (C=O) groups is 2. The first-order chi connectivity index (χ1) is 9.21. The van der Waals surface area contributed by atoms with Crippen molar-refractivity contribution in [1.82, 2.24) is 5.32 Å². The number of halogens is 4. The Morgan fingerprint density at radius 1 is 1.30 bits per heavy atom. The number of carboxylic acid groups (broad SMARTS) is 1. The van der Waals surface area contributed by atoms with Crippen molar-refractivity contribution < 1.29 is 27.9 Å². The van der Waals surface area contributed by atoms with Crippen LogP contribution in [0.3, 0.4) is 0 Å². The molecule has 1 aromatic rings. The SMILES string of the molecule is CC.O=C(O)c1cc(CNC(=O)C(F)(F)F)ccc1Cl. The summed E-state index contributed by atoms with van der Waals surface area (Å²) in [6.07, 6.45) is -4.97. The van der Waals surface area contributed by atoms with Gasteiger partial charge in [0.15, 0.2) is 0 Å². The van der Waals surface area contributed by atoms with Crippen LogP contribution in [0.25, 0.3) is 0 Å². The van der Waals surface area contributed by atoms with E-state index in [1.165, 1.54) is 12.1 Å². The lowest BCUT2D eigenvalue weighted by atomic mass is 10.1. The number of aromatic carboxylic acids is 1. The second-order valence-corrected chi connectivity index (χ2v) is 3.71. The molecule has 20 heavy (non-hydrogen) atoms. The Balaban J connectivity index is 0.00000172. The normalized spacial score (nSPS) is 10.3. The molecule has 0 saturated carbocycles. The van der Waals surface area contributed by atoms with Gasteiger partial charge in [-0.3, -0.25) is 4.79 Å². The highest BCUT2D eigenvalue weighted by Gasteiger charge is 2.38. The van der Waals surface area contributed by atoms with Gasteiger partial charge in [-0.2, -0.15) is 13.2 Å². The first-order valence-corrected chi connectivity index (χ1v) is 5.96. The molecule has 0 heterocycles. The number of hydrogen-bond donors (Lipinski definition) is 2. The fraction of sp³-hybridized carbons (Fsp3) is 0.333. The largest absolute Gasteiger partial charge is 0.478 e. The Kier molecular flexibility index (Phi) is 7.06. The van der Waals surface area contributed by atoms with Gasteiger partial charge in [0.05, 0.1) is 10.6 Å². The molecule has 0 bridgehead atoms. The Bertz CT molecular complexity index is 489. The summed E-state index contributed by atoms with van der Waals surface area (Å²) < 4.78 is 35.7. The van der Waals surface area contributed by atoms with Crippen molar-refractivity contribution in [2.24, 2.45) is 0 Å². The minimum atomic E-state index is -4.97. The monoisotopic (exact) mass is 311 g/mol. The van der Waals surface area contributed by atoms with Crippen molar-refractivity contribution in [2.45, 2.75) is 26.6 Å². The lowest BCUT2D eigenvalue weighted by Gasteiger charge is -2.08. The summed E-state index contributed by atoms with van der Waals surface area (Å²) >= 11 is 5.58. The van der Waals surface area contributed by atoms with E-state index in [9.17, 15) is 22.8 Å². The highest BCUT2D eigenvalue weighted by atomic mass is 35.5. The van der Waals surface area contributed by atoms with Crippen LogP contribution in [-0.4, -0.2) is 23.2 Å². The second-order valence-electron chi connectivity index (χ2n) is 3.30. The van der Waals surface area contributed by atoms with Crippen molar-refractivity contribution in [3.05, 3.63) is 34.3 Å². The average Bonchev–Trinajstić information content (AvgIpc) is 2.38. The number of carboxylic acids is 1. The molecule has 1 amide bonds. The van der Waals surface area contributed by atoms with E-state index in [2.05, 4.69) is 0 Å². The number of carbonyl (C=O) groups excluding carboxylic acids is 1. The molecule has 0 aliphatic carbocycles. The maximum absolute atomic E-state index is 11.9. The van der Waals surface area contributed by atoms with E-state index < -0.39 is 24.6 Å². The van der Waals surface area contributed by atoms with Crippen LogP contribution in [0, 0.1) is 0 Å². The second kappa shape index (κ2) is 7.74. The summed E-state index contributed by atoms with van der Waals surface area (Å²) in [7, 11) is 0. The summed E-state index contributed by atoms with van der Waals surface area (Å²) in [6.45, 7) is 3.57. The van der Waals surface area contributed by atoms with Gasteiger partial charge in [0, 0.05) is 6.54 Å². The third kappa shape index (κ3) is 5.48. The van der Waals surface area contributed by atoms with E-state index in [1.54, 1.807) is 5.32 Å². The molecule has 0 spiro atoms. The van der Waals surface area contributed by atoms with Gasteiger partial charge >= 0.3 is 18.1 Å². The number of nitrogens with one attached hydrogen (secondary N) is 1. The quantitative estimate of drug-likeness (QED) is 0.900. The van der Waals surface area contributed by atoms with Crippen LogP contribution in [0.1, 0.15) is 29.8 Å². The third-order valence-corrected chi connectivity index (χ3v) is 2.30. The highest BCUT2D eigenvalue weighted by molar-refractivity contribution is 6.33. The zero-order valence-electron chi connectivity index (χ0n) is 10.7. The van der Waals surface area contributed by atoms with Crippen LogP contribution in [0.15, 0.2) is 18.2 Å². The van der Waals surface area contributed by atoms with E-state index in [-0.39, 0.29) is 16.1 Å². The topological polar surface area (TPSA) is 66.4 Å². The zero-order valence-corrected chi connectivity index (χ0v) is 11.5.